The molecule has 0 aromatic rings. The number of rotatable bonds is 5. The van der Waals surface area contributed by atoms with Crippen LogP contribution in [0.3, 0.4) is 0 Å². The fourth-order valence-electron chi connectivity index (χ4n) is 7.18. The molecule has 0 aromatic heterocycles. The van der Waals surface area contributed by atoms with E-state index in [9.17, 15) is 4.79 Å². The molecule has 0 spiro atoms. The molecule has 6 atom stereocenters. The molecule has 144 valence electrons. The maximum absolute atomic E-state index is 11.9. The van der Waals surface area contributed by atoms with Crippen molar-refractivity contribution in [3.8, 4) is 0 Å². The molecule has 4 aliphatic rings. The summed E-state index contributed by atoms with van der Waals surface area (Å²) in [4.78, 5) is 11.9. The summed E-state index contributed by atoms with van der Waals surface area (Å²) in [7, 11) is 0. The second-order valence-corrected chi connectivity index (χ2v) is 9.94. The lowest BCUT2D eigenvalue weighted by Crippen LogP contribution is -2.52. The molecule has 0 amide bonds. The van der Waals surface area contributed by atoms with E-state index in [1.165, 1.54) is 63.5 Å². The van der Waals surface area contributed by atoms with Crippen molar-refractivity contribution < 1.29 is 4.79 Å². The Morgan fingerprint density at radius 1 is 1.12 bits per heavy atom. The summed E-state index contributed by atoms with van der Waals surface area (Å²) in [5, 5.41) is 3.95. The minimum atomic E-state index is 0.144. The average molecular weight is 356 g/mol. The molecule has 2 heteroatoms. The van der Waals surface area contributed by atoms with Gasteiger partial charge >= 0.3 is 0 Å². The molecule has 0 bridgehead atoms. The summed E-state index contributed by atoms with van der Waals surface area (Å²) in [6, 6.07) is 0.721. The molecule has 1 N–H and O–H groups in total. The van der Waals surface area contributed by atoms with Gasteiger partial charge in [-0.1, -0.05) is 45.3 Å². The van der Waals surface area contributed by atoms with Gasteiger partial charge in [-0.15, -0.1) is 0 Å². The van der Waals surface area contributed by atoms with Crippen LogP contribution in [0.2, 0.25) is 0 Å². The summed E-state index contributed by atoms with van der Waals surface area (Å²) < 4.78 is 0. The smallest absolute Gasteiger partial charge is 0.178 e. The fourth-order valence-corrected chi connectivity index (χ4v) is 7.18. The fraction of sp³-hybridized carbons (Fsp3) is 0.792. The Bertz CT molecular complexity index is 620. The number of hydrogen-bond donors (Lipinski definition) is 1. The molecule has 0 aliphatic heterocycles. The van der Waals surface area contributed by atoms with E-state index in [1.54, 1.807) is 0 Å². The van der Waals surface area contributed by atoms with Crippen LogP contribution in [-0.2, 0) is 4.79 Å². The standard InChI is InChI=1S/C24H37NO/c1-4-5-6-15-25-22-10-9-20-19-8-7-17-16-18(26)11-13-23(17,2)21(19)12-14-24(20,22)3/h11,13,16,19-22,25H,4-10,12,14-15H2,1-3H3/t19-,20-,21-,22-,23-,24-/m0/s1. The molecule has 2 nitrogen and oxygen atoms in total. The monoisotopic (exact) mass is 355 g/mol. The Morgan fingerprint density at radius 3 is 2.77 bits per heavy atom. The molecule has 0 heterocycles. The third-order valence-corrected chi connectivity index (χ3v) is 8.73. The van der Waals surface area contributed by atoms with Crippen molar-refractivity contribution in [1.82, 2.24) is 5.32 Å². The van der Waals surface area contributed by atoms with E-state index in [-0.39, 0.29) is 11.2 Å². The maximum Gasteiger partial charge on any atom is 0.178 e. The van der Waals surface area contributed by atoms with Gasteiger partial charge in [-0.2, -0.15) is 0 Å². The van der Waals surface area contributed by atoms with Gasteiger partial charge in [-0.25, -0.2) is 0 Å². The number of carbonyl (C=O) groups is 1. The predicted octanol–water partition coefficient (Wildman–Crippen LogP) is 5.44. The van der Waals surface area contributed by atoms with E-state index in [0.717, 1.165) is 30.2 Å². The van der Waals surface area contributed by atoms with Gasteiger partial charge in [0.1, 0.15) is 0 Å². The number of hydrogen-bond acceptors (Lipinski definition) is 2. The maximum atomic E-state index is 11.9. The van der Waals surface area contributed by atoms with Gasteiger partial charge in [0.15, 0.2) is 5.78 Å². The molecular weight excluding hydrogens is 318 g/mol. The van der Waals surface area contributed by atoms with Crippen LogP contribution in [0.4, 0.5) is 0 Å². The zero-order valence-electron chi connectivity index (χ0n) is 17.0. The Balaban J connectivity index is 1.50. The van der Waals surface area contributed by atoms with Gasteiger partial charge in [0.2, 0.25) is 0 Å². The van der Waals surface area contributed by atoms with E-state index in [4.69, 9.17) is 0 Å². The van der Waals surface area contributed by atoms with E-state index in [1.807, 2.05) is 12.2 Å². The second-order valence-electron chi connectivity index (χ2n) is 9.94. The van der Waals surface area contributed by atoms with Crippen molar-refractivity contribution in [1.29, 1.82) is 0 Å². The average Bonchev–Trinajstić information content (AvgIpc) is 2.96. The van der Waals surface area contributed by atoms with Crippen molar-refractivity contribution in [3.63, 3.8) is 0 Å². The van der Waals surface area contributed by atoms with Gasteiger partial charge in [0, 0.05) is 11.5 Å². The third kappa shape index (κ3) is 2.84. The Labute approximate surface area is 159 Å². The molecular formula is C24H37NO. The Morgan fingerprint density at radius 2 is 1.96 bits per heavy atom. The lowest BCUT2D eigenvalue weighted by Gasteiger charge is -2.57. The normalized spacial score (nSPS) is 44.3. The lowest BCUT2D eigenvalue weighted by atomic mass is 9.48. The molecule has 0 unspecified atom stereocenters. The summed E-state index contributed by atoms with van der Waals surface area (Å²) >= 11 is 0. The molecule has 4 aliphatic carbocycles. The summed E-state index contributed by atoms with van der Waals surface area (Å²) in [6.45, 7) is 8.49. The minimum Gasteiger partial charge on any atom is -0.313 e. The molecule has 4 rings (SSSR count). The van der Waals surface area contributed by atoms with Crippen LogP contribution >= 0.6 is 0 Å². The molecule has 3 fully saturated rings. The Kier molecular flexibility index (Phi) is 4.92. The van der Waals surface area contributed by atoms with Gasteiger partial charge in [-0.05, 0) is 86.8 Å². The van der Waals surface area contributed by atoms with E-state index < -0.39 is 0 Å². The first-order valence-corrected chi connectivity index (χ1v) is 11.2. The highest BCUT2D eigenvalue weighted by Gasteiger charge is 2.58. The highest BCUT2D eigenvalue weighted by molar-refractivity contribution is 6.01. The van der Waals surface area contributed by atoms with Crippen molar-refractivity contribution >= 4 is 5.78 Å². The van der Waals surface area contributed by atoms with Crippen molar-refractivity contribution in [2.75, 3.05) is 6.54 Å². The second kappa shape index (κ2) is 6.93. The largest absolute Gasteiger partial charge is 0.313 e. The zero-order valence-corrected chi connectivity index (χ0v) is 17.0. The first-order valence-electron chi connectivity index (χ1n) is 11.2. The van der Waals surface area contributed by atoms with E-state index in [0.29, 0.717) is 5.41 Å². The van der Waals surface area contributed by atoms with Gasteiger partial charge in [0.05, 0.1) is 0 Å². The van der Waals surface area contributed by atoms with Crippen molar-refractivity contribution in [2.24, 2.45) is 28.6 Å². The van der Waals surface area contributed by atoms with Crippen molar-refractivity contribution in [3.05, 3.63) is 23.8 Å². The first-order chi connectivity index (χ1) is 12.5. The molecule has 0 aromatic carbocycles. The molecule has 26 heavy (non-hydrogen) atoms. The van der Waals surface area contributed by atoms with Gasteiger partial charge in [-0.3, -0.25) is 4.79 Å². The van der Waals surface area contributed by atoms with Crippen molar-refractivity contribution in [2.45, 2.75) is 84.6 Å². The Hall–Kier alpha value is -0.890. The summed E-state index contributed by atoms with van der Waals surface area (Å²) in [5.41, 5.74) is 2.05. The van der Waals surface area contributed by atoms with Crippen LogP contribution in [0.5, 0.6) is 0 Å². The molecule has 3 saturated carbocycles. The SMILES string of the molecule is CCCCCN[C@H]1CC[C@H]2[C@@H]3CCC4=CC(=O)C=C[C@]4(C)[C@H]3CC[C@]12C. The quantitative estimate of drug-likeness (QED) is 0.665. The summed E-state index contributed by atoms with van der Waals surface area (Å²) in [5.74, 6) is 2.66. The number of ketones is 1. The number of allylic oxidation sites excluding steroid dienone is 4. The molecule has 0 saturated heterocycles. The van der Waals surface area contributed by atoms with Crippen LogP contribution < -0.4 is 5.32 Å². The number of nitrogens with one attached hydrogen (secondary N) is 1. The number of fused-ring (bicyclic) bond motifs is 5. The topological polar surface area (TPSA) is 29.1 Å². The van der Waals surface area contributed by atoms with Gasteiger partial charge < -0.3 is 5.32 Å². The minimum absolute atomic E-state index is 0.144. The predicted molar refractivity (Wildman–Crippen MR) is 108 cm³/mol. The first kappa shape index (κ1) is 18.5. The van der Waals surface area contributed by atoms with Crippen LogP contribution in [0.25, 0.3) is 0 Å². The highest BCUT2D eigenvalue weighted by atomic mass is 16.1. The highest BCUT2D eigenvalue weighted by Crippen LogP contribution is 2.64. The number of carbonyl (C=O) groups excluding carboxylic acids is 1. The number of unbranched alkanes of at least 4 members (excludes halogenated alkanes) is 2. The van der Waals surface area contributed by atoms with Crippen LogP contribution in [0.1, 0.15) is 78.6 Å². The summed E-state index contributed by atoms with van der Waals surface area (Å²) in [6.07, 6.45) is 17.9. The van der Waals surface area contributed by atoms with E-state index >= 15 is 0 Å². The zero-order chi connectivity index (χ0) is 18.4. The van der Waals surface area contributed by atoms with Gasteiger partial charge in [0.25, 0.3) is 0 Å². The van der Waals surface area contributed by atoms with E-state index in [2.05, 4.69) is 32.2 Å². The van der Waals surface area contributed by atoms with Crippen LogP contribution in [0, 0.1) is 28.6 Å². The lowest BCUT2D eigenvalue weighted by molar-refractivity contribution is -0.111. The molecule has 0 radical (unpaired) electrons. The van der Waals surface area contributed by atoms with Crippen LogP contribution in [0.15, 0.2) is 23.8 Å². The van der Waals surface area contributed by atoms with Crippen LogP contribution in [-0.4, -0.2) is 18.4 Å². The third-order valence-electron chi connectivity index (χ3n) is 8.73.